The molecule has 0 bridgehead atoms. The van der Waals surface area contributed by atoms with E-state index in [2.05, 4.69) is 30.8 Å². The lowest BCUT2D eigenvalue weighted by molar-refractivity contribution is -0.120. The summed E-state index contributed by atoms with van der Waals surface area (Å²) in [6.45, 7) is 1.85. The van der Waals surface area contributed by atoms with Crippen molar-refractivity contribution in [2.24, 2.45) is 0 Å². The van der Waals surface area contributed by atoms with E-state index in [0.717, 1.165) is 11.3 Å². The van der Waals surface area contributed by atoms with Crippen molar-refractivity contribution in [3.05, 3.63) is 83.2 Å². The van der Waals surface area contributed by atoms with E-state index in [9.17, 15) is 9.18 Å². The van der Waals surface area contributed by atoms with Gasteiger partial charge in [0.25, 0.3) is 0 Å². The van der Waals surface area contributed by atoms with Gasteiger partial charge in [-0.2, -0.15) is 4.98 Å². The molecule has 0 unspecified atom stereocenters. The molecule has 0 fully saturated rings. The maximum Gasteiger partial charge on any atom is 0.244 e. The van der Waals surface area contributed by atoms with Crippen molar-refractivity contribution < 1.29 is 9.18 Å². The van der Waals surface area contributed by atoms with Crippen LogP contribution < -0.4 is 16.6 Å². The minimum Gasteiger partial charge on any atom is -0.368 e. The number of carbonyl (C=O) groups is 1. The van der Waals surface area contributed by atoms with Gasteiger partial charge >= 0.3 is 0 Å². The summed E-state index contributed by atoms with van der Waals surface area (Å²) in [6.07, 6.45) is 1.66. The normalized spacial score (nSPS) is 10.6. The molecular weight excluding hydrogens is 445 g/mol. The third-order valence-corrected chi connectivity index (χ3v) is 4.87. The highest BCUT2D eigenvalue weighted by molar-refractivity contribution is 6.29. The summed E-state index contributed by atoms with van der Waals surface area (Å²) in [5.41, 5.74) is 15.1. The first-order valence-corrected chi connectivity index (χ1v) is 10.3. The number of hydrogen-bond acceptors (Lipinski definition) is 7. The van der Waals surface area contributed by atoms with E-state index < -0.39 is 0 Å². The van der Waals surface area contributed by atoms with Crippen LogP contribution >= 0.6 is 11.6 Å². The fourth-order valence-corrected chi connectivity index (χ4v) is 3.43. The van der Waals surface area contributed by atoms with Crippen molar-refractivity contribution >= 4 is 29.3 Å². The predicted molar refractivity (Wildman–Crippen MR) is 125 cm³/mol. The summed E-state index contributed by atoms with van der Waals surface area (Å²) in [5.74, 6) is -0.471. The molecule has 0 radical (unpaired) electrons. The number of amides is 1. The molecule has 0 aliphatic carbocycles. The fourth-order valence-electron chi connectivity index (χ4n) is 3.25. The monoisotopic (exact) mass is 463 g/mol. The molecule has 1 aromatic carbocycles. The van der Waals surface area contributed by atoms with Gasteiger partial charge in [-0.3, -0.25) is 20.6 Å². The summed E-state index contributed by atoms with van der Waals surface area (Å²) in [7, 11) is 0. The molecule has 166 valence electrons. The van der Waals surface area contributed by atoms with Crippen LogP contribution in [0.1, 0.15) is 11.4 Å². The van der Waals surface area contributed by atoms with E-state index in [1.54, 1.807) is 42.6 Å². The Balaban J connectivity index is 1.70. The smallest absolute Gasteiger partial charge is 0.244 e. The number of rotatable bonds is 6. The molecule has 3 aromatic heterocycles. The first-order valence-electron chi connectivity index (χ1n) is 9.92. The Kier molecular flexibility index (Phi) is 6.41. The van der Waals surface area contributed by atoms with Crippen LogP contribution in [-0.4, -0.2) is 25.8 Å². The van der Waals surface area contributed by atoms with Crippen molar-refractivity contribution in [1.29, 1.82) is 0 Å². The van der Waals surface area contributed by atoms with Gasteiger partial charge in [0.05, 0.1) is 23.4 Å². The summed E-state index contributed by atoms with van der Waals surface area (Å²) >= 11 is 5.89. The van der Waals surface area contributed by atoms with Gasteiger partial charge in [-0.25, -0.2) is 14.4 Å². The molecule has 0 atom stereocenters. The van der Waals surface area contributed by atoms with E-state index >= 15 is 0 Å². The summed E-state index contributed by atoms with van der Waals surface area (Å²) in [5, 5.41) is 0.302. The molecule has 0 aliphatic heterocycles. The molecule has 4 N–H and O–H groups in total. The number of nitrogens with two attached hydrogens (primary N) is 1. The minimum absolute atomic E-state index is 0.00262. The molecule has 8 nitrogen and oxygen atoms in total. The number of hydrogen-bond donors (Lipinski definition) is 3. The van der Waals surface area contributed by atoms with Crippen LogP contribution in [0, 0.1) is 12.7 Å². The van der Waals surface area contributed by atoms with Crippen LogP contribution in [0.25, 0.3) is 22.4 Å². The van der Waals surface area contributed by atoms with Crippen molar-refractivity contribution in [1.82, 2.24) is 25.4 Å². The maximum absolute atomic E-state index is 13.5. The summed E-state index contributed by atoms with van der Waals surface area (Å²) < 4.78 is 13.5. The quantitative estimate of drug-likeness (QED) is 0.292. The van der Waals surface area contributed by atoms with Gasteiger partial charge in [0.15, 0.2) is 5.82 Å². The molecule has 0 spiro atoms. The number of aryl methyl sites for hydroxylation is 1. The van der Waals surface area contributed by atoms with E-state index in [4.69, 9.17) is 17.3 Å². The first-order chi connectivity index (χ1) is 15.9. The second kappa shape index (κ2) is 9.58. The van der Waals surface area contributed by atoms with Crippen LogP contribution in [0.4, 0.5) is 16.2 Å². The molecule has 4 aromatic rings. The molecular formula is C23H19ClFN7O. The highest BCUT2D eigenvalue weighted by Gasteiger charge is 2.18. The van der Waals surface area contributed by atoms with Gasteiger partial charge in [0.2, 0.25) is 11.9 Å². The molecule has 10 heteroatoms. The molecule has 4 rings (SSSR count). The number of anilines is 2. The van der Waals surface area contributed by atoms with E-state index in [1.165, 1.54) is 12.1 Å². The van der Waals surface area contributed by atoms with Crippen molar-refractivity contribution in [3.63, 3.8) is 0 Å². The third-order valence-electron chi connectivity index (χ3n) is 4.66. The van der Waals surface area contributed by atoms with Gasteiger partial charge in [-0.15, -0.1) is 0 Å². The molecule has 0 saturated heterocycles. The topological polar surface area (TPSA) is 119 Å². The molecule has 0 aliphatic rings. The number of nitrogens with one attached hydrogen (secondary N) is 2. The molecule has 0 saturated carbocycles. The number of aromatic nitrogens is 4. The van der Waals surface area contributed by atoms with Gasteiger partial charge in [-0.1, -0.05) is 17.7 Å². The lowest BCUT2D eigenvalue weighted by Gasteiger charge is -2.17. The zero-order valence-corrected chi connectivity index (χ0v) is 18.3. The largest absolute Gasteiger partial charge is 0.368 e. The van der Waals surface area contributed by atoms with Crippen LogP contribution in [0.2, 0.25) is 5.15 Å². The van der Waals surface area contributed by atoms with Crippen molar-refractivity contribution in [2.45, 2.75) is 13.3 Å². The standard InChI is InChI=1S/C23H19ClFN7O/c1-13-11-15(9-10-27-13)20-21(14-5-7-16(25)8-6-14)29-23(26)30-22(20)32-31-19(33)12-17-3-2-4-18(24)28-17/h2-11H,12H2,1H3,(H,31,33)(H3,26,29,30,32). The van der Waals surface area contributed by atoms with Crippen molar-refractivity contribution in [2.75, 3.05) is 11.2 Å². The summed E-state index contributed by atoms with van der Waals surface area (Å²) in [6, 6.07) is 14.6. The predicted octanol–water partition coefficient (Wildman–Crippen LogP) is 3.97. The zero-order valence-electron chi connectivity index (χ0n) is 17.5. The number of carbonyl (C=O) groups excluding carboxylic acids is 1. The van der Waals surface area contributed by atoms with Crippen molar-refractivity contribution in [3.8, 4) is 22.4 Å². The maximum atomic E-state index is 13.5. The van der Waals surface area contributed by atoms with Crippen LogP contribution in [-0.2, 0) is 11.2 Å². The number of pyridine rings is 2. The number of benzene rings is 1. The molecule has 33 heavy (non-hydrogen) atoms. The number of hydrazine groups is 1. The lowest BCUT2D eigenvalue weighted by Crippen LogP contribution is -2.32. The highest BCUT2D eigenvalue weighted by atomic mass is 35.5. The van der Waals surface area contributed by atoms with Crippen LogP contribution in [0.5, 0.6) is 0 Å². The van der Waals surface area contributed by atoms with E-state index in [-0.39, 0.29) is 29.9 Å². The van der Waals surface area contributed by atoms with Gasteiger partial charge in [0, 0.05) is 17.5 Å². The van der Waals surface area contributed by atoms with Gasteiger partial charge in [-0.05, 0) is 61.0 Å². The minimum atomic E-state index is -0.373. The van der Waals surface area contributed by atoms with E-state index in [0.29, 0.717) is 27.7 Å². The Bertz CT molecular complexity index is 1310. The average molecular weight is 464 g/mol. The number of nitrogens with zero attached hydrogens (tertiary/aromatic N) is 4. The molecule has 3 heterocycles. The SMILES string of the molecule is Cc1cc(-c2c(NNC(=O)Cc3cccc(Cl)n3)nc(N)nc2-c2ccc(F)cc2)ccn1. The molecule has 1 amide bonds. The Hall–Kier alpha value is -4.11. The Morgan fingerprint density at radius 1 is 1.06 bits per heavy atom. The zero-order chi connectivity index (χ0) is 23.4. The van der Waals surface area contributed by atoms with Crippen LogP contribution in [0.15, 0.2) is 60.8 Å². The second-order valence-corrected chi connectivity index (χ2v) is 7.54. The van der Waals surface area contributed by atoms with E-state index in [1.807, 2.05) is 13.0 Å². The Labute approximate surface area is 194 Å². The Morgan fingerprint density at radius 3 is 2.58 bits per heavy atom. The van der Waals surface area contributed by atoms with Gasteiger partial charge < -0.3 is 5.73 Å². The number of nitrogen functional groups attached to an aromatic ring is 1. The highest BCUT2D eigenvalue weighted by Crippen LogP contribution is 2.36. The first kappa shape index (κ1) is 22.1. The third kappa shape index (κ3) is 5.39. The van der Waals surface area contributed by atoms with Gasteiger partial charge in [0.1, 0.15) is 11.0 Å². The summed E-state index contributed by atoms with van der Waals surface area (Å²) in [4.78, 5) is 29.5. The Morgan fingerprint density at radius 2 is 1.85 bits per heavy atom. The average Bonchev–Trinajstić information content (AvgIpc) is 2.78. The number of halogens is 2. The second-order valence-electron chi connectivity index (χ2n) is 7.15. The lowest BCUT2D eigenvalue weighted by atomic mass is 10.00. The van der Waals surface area contributed by atoms with Crippen LogP contribution in [0.3, 0.4) is 0 Å². The fraction of sp³-hybridized carbons (Fsp3) is 0.0870.